The van der Waals surface area contributed by atoms with Gasteiger partial charge in [-0.2, -0.15) is 13.2 Å². The van der Waals surface area contributed by atoms with Crippen LogP contribution in [0.1, 0.15) is 5.69 Å². The maximum Gasteiger partial charge on any atom is 0.434 e. The molecule has 0 amide bonds. The third-order valence-electron chi connectivity index (χ3n) is 2.59. The van der Waals surface area contributed by atoms with Crippen molar-refractivity contribution in [3.05, 3.63) is 53.8 Å². The Morgan fingerprint density at radius 3 is 2.23 bits per heavy atom. The van der Waals surface area contributed by atoms with E-state index in [1.807, 2.05) is 18.2 Å². The Hall–Kier alpha value is -2.48. The van der Waals surface area contributed by atoms with Gasteiger partial charge in [0.05, 0.1) is 12.4 Å². The first kappa shape index (κ1) is 14.5. The first-order valence-corrected chi connectivity index (χ1v) is 6.98. The van der Waals surface area contributed by atoms with Crippen LogP contribution >= 0.6 is 11.3 Å². The lowest BCUT2D eigenvalue weighted by Crippen LogP contribution is -2.05. The Labute approximate surface area is 127 Å². The van der Waals surface area contributed by atoms with Gasteiger partial charge in [0.2, 0.25) is 0 Å². The SMILES string of the molecule is FC(F)(F)c1csc(-c2ncc(Oc3ccccc3)cn2)n1. The van der Waals surface area contributed by atoms with Gasteiger partial charge in [-0.15, -0.1) is 11.3 Å². The van der Waals surface area contributed by atoms with E-state index in [4.69, 9.17) is 4.74 Å². The van der Waals surface area contributed by atoms with Gasteiger partial charge in [-0.25, -0.2) is 15.0 Å². The number of alkyl halides is 3. The standard InChI is InChI=1S/C14H8F3N3OS/c15-14(16,17)11-8-22-13(20-11)12-18-6-10(7-19-12)21-9-4-2-1-3-5-9/h1-8H. The lowest BCUT2D eigenvalue weighted by Gasteiger charge is -2.04. The van der Waals surface area contributed by atoms with Gasteiger partial charge < -0.3 is 4.74 Å². The summed E-state index contributed by atoms with van der Waals surface area (Å²) >= 11 is 0.842. The first-order chi connectivity index (χ1) is 10.5. The van der Waals surface area contributed by atoms with Crippen molar-refractivity contribution in [3.8, 4) is 22.3 Å². The molecule has 0 fully saturated rings. The van der Waals surface area contributed by atoms with Gasteiger partial charge in [0.1, 0.15) is 5.75 Å². The van der Waals surface area contributed by atoms with Crippen molar-refractivity contribution in [2.24, 2.45) is 0 Å². The van der Waals surface area contributed by atoms with Crippen LogP contribution in [0.5, 0.6) is 11.5 Å². The van der Waals surface area contributed by atoms with E-state index in [2.05, 4.69) is 15.0 Å². The Kier molecular flexibility index (Phi) is 3.76. The molecule has 0 unspecified atom stereocenters. The Morgan fingerprint density at radius 2 is 1.64 bits per heavy atom. The molecule has 112 valence electrons. The summed E-state index contributed by atoms with van der Waals surface area (Å²) < 4.78 is 43.0. The molecule has 0 saturated heterocycles. The molecule has 0 atom stereocenters. The second-order valence-electron chi connectivity index (χ2n) is 4.19. The van der Waals surface area contributed by atoms with Gasteiger partial charge in [0.15, 0.2) is 22.3 Å². The molecule has 22 heavy (non-hydrogen) atoms. The van der Waals surface area contributed by atoms with Crippen LogP contribution in [0.15, 0.2) is 48.1 Å². The van der Waals surface area contributed by atoms with Gasteiger partial charge in [-0.1, -0.05) is 18.2 Å². The fourth-order valence-corrected chi connectivity index (χ4v) is 2.38. The molecule has 0 N–H and O–H groups in total. The van der Waals surface area contributed by atoms with E-state index in [9.17, 15) is 13.2 Å². The van der Waals surface area contributed by atoms with Crippen LogP contribution < -0.4 is 4.74 Å². The predicted molar refractivity (Wildman–Crippen MR) is 74.7 cm³/mol. The number of rotatable bonds is 3. The van der Waals surface area contributed by atoms with E-state index in [-0.39, 0.29) is 10.8 Å². The van der Waals surface area contributed by atoms with Crippen LogP contribution in [0.25, 0.3) is 10.8 Å². The van der Waals surface area contributed by atoms with Crippen LogP contribution in [-0.4, -0.2) is 15.0 Å². The van der Waals surface area contributed by atoms with Crippen LogP contribution in [0, 0.1) is 0 Å². The maximum atomic E-state index is 12.5. The van der Waals surface area contributed by atoms with E-state index in [0.717, 1.165) is 16.7 Å². The zero-order valence-electron chi connectivity index (χ0n) is 10.9. The lowest BCUT2D eigenvalue weighted by molar-refractivity contribution is -0.140. The number of halogens is 3. The third kappa shape index (κ3) is 3.22. The number of aromatic nitrogens is 3. The maximum absolute atomic E-state index is 12.5. The highest BCUT2D eigenvalue weighted by molar-refractivity contribution is 7.13. The largest absolute Gasteiger partial charge is 0.454 e. The van der Waals surface area contributed by atoms with Gasteiger partial charge in [0.25, 0.3) is 0 Å². The first-order valence-electron chi connectivity index (χ1n) is 6.10. The number of hydrogen-bond donors (Lipinski definition) is 0. The average Bonchev–Trinajstić information content (AvgIpc) is 2.99. The molecule has 3 aromatic rings. The predicted octanol–water partition coefficient (Wildman–Crippen LogP) is 4.41. The molecule has 1 aromatic carbocycles. The summed E-state index contributed by atoms with van der Waals surface area (Å²) in [5.74, 6) is 1.14. The molecule has 0 aliphatic carbocycles. The van der Waals surface area contributed by atoms with Crippen molar-refractivity contribution in [3.63, 3.8) is 0 Å². The quantitative estimate of drug-likeness (QED) is 0.716. The number of para-hydroxylation sites is 1. The molecule has 0 spiro atoms. The Balaban J connectivity index is 1.78. The number of ether oxygens (including phenoxy) is 1. The molecule has 3 rings (SSSR count). The second kappa shape index (κ2) is 5.72. The highest BCUT2D eigenvalue weighted by atomic mass is 32.1. The fraction of sp³-hybridized carbons (Fsp3) is 0.0714. The minimum Gasteiger partial charge on any atom is -0.454 e. The summed E-state index contributed by atoms with van der Waals surface area (Å²) in [5.41, 5.74) is -0.944. The molecule has 4 nitrogen and oxygen atoms in total. The molecule has 8 heteroatoms. The number of thiazole rings is 1. The Morgan fingerprint density at radius 1 is 0.955 bits per heavy atom. The van der Waals surface area contributed by atoms with E-state index >= 15 is 0 Å². The fourth-order valence-electron chi connectivity index (χ4n) is 1.61. The summed E-state index contributed by atoms with van der Waals surface area (Å²) in [7, 11) is 0. The van der Waals surface area contributed by atoms with E-state index in [1.165, 1.54) is 12.4 Å². The number of benzene rings is 1. The summed E-state index contributed by atoms with van der Waals surface area (Å²) in [4.78, 5) is 11.5. The molecular weight excluding hydrogens is 315 g/mol. The van der Waals surface area contributed by atoms with Crippen molar-refractivity contribution < 1.29 is 17.9 Å². The van der Waals surface area contributed by atoms with Gasteiger partial charge >= 0.3 is 6.18 Å². The smallest absolute Gasteiger partial charge is 0.434 e. The normalized spacial score (nSPS) is 11.4. The Bertz CT molecular complexity index is 757. The molecular formula is C14H8F3N3OS. The zero-order chi connectivity index (χ0) is 15.6. The van der Waals surface area contributed by atoms with E-state index in [1.54, 1.807) is 12.1 Å². The number of hydrogen-bond acceptors (Lipinski definition) is 5. The van der Waals surface area contributed by atoms with Gasteiger partial charge in [-0.3, -0.25) is 0 Å². The van der Waals surface area contributed by atoms with Crippen molar-refractivity contribution in [2.45, 2.75) is 6.18 Å². The lowest BCUT2D eigenvalue weighted by atomic mass is 10.3. The van der Waals surface area contributed by atoms with Crippen LogP contribution in [-0.2, 0) is 6.18 Å². The highest BCUT2D eigenvalue weighted by Gasteiger charge is 2.34. The second-order valence-corrected chi connectivity index (χ2v) is 5.05. The molecule has 2 aromatic heterocycles. The summed E-state index contributed by atoms with van der Waals surface area (Å²) in [6.07, 6.45) is -1.68. The zero-order valence-corrected chi connectivity index (χ0v) is 11.7. The molecule has 0 aliphatic heterocycles. The summed E-state index contributed by atoms with van der Waals surface area (Å²) in [6.45, 7) is 0. The minimum absolute atomic E-state index is 0.110. The van der Waals surface area contributed by atoms with Crippen LogP contribution in [0.3, 0.4) is 0 Å². The van der Waals surface area contributed by atoms with Gasteiger partial charge in [-0.05, 0) is 12.1 Å². The molecule has 2 heterocycles. The highest BCUT2D eigenvalue weighted by Crippen LogP contribution is 2.32. The topological polar surface area (TPSA) is 47.9 Å². The van der Waals surface area contributed by atoms with Crippen LogP contribution in [0.2, 0.25) is 0 Å². The van der Waals surface area contributed by atoms with Crippen molar-refractivity contribution in [1.82, 2.24) is 15.0 Å². The monoisotopic (exact) mass is 323 g/mol. The van der Waals surface area contributed by atoms with Gasteiger partial charge in [0, 0.05) is 5.38 Å². The van der Waals surface area contributed by atoms with Crippen LogP contribution in [0.4, 0.5) is 13.2 Å². The molecule has 0 radical (unpaired) electrons. The van der Waals surface area contributed by atoms with Crippen molar-refractivity contribution in [1.29, 1.82) is 0 Å². The number of nitrogens with zero attached hydrogens (tertiary/aromatic N) is 3. The molecule has 0 bridgehead atoms. The summed E-state index contributed by atoms with van der Waals surface area (Å²) in [6, 6.07) is 9.03. The van der Waals surface area contributed by atoms with Crippen molar-refractivity contribution >= 4 is 11.3 Å². The molecule has 0 aliphatic rings. The van der Waals surface area contributed by atoms with E-state index < -0.39 is 11.9 Å². The van der Waals surface area contributed by atoms with Crippen molar-refractivity contribution in [2.75, 3.05) is 0 Å². The minimum atomic E-state index is -4.47. The molecule has 0 saturated carbocycles. The average molecular weight is 323 g/mol. The summed E-state index contributed by atoms with van der Waals surface area (Å²) in [5, 5.41) is 1.05. The third-order valence-corrected chi connectivity index (χ3v) is 3.43. The van der Waals surface area contributed by atoms with E-state index in [0.29, 0.717) is 11.5 Å².